The molecule has 0 aliphatic rings. The van der Waals surface area contributed by atoms with E-state index in [1.54, 1.807) is 0 Å². The Morgan fingerprint density at radius 3 is 0.412 bits per heavy atom. The Balaban J connectivity index is -0.0000000400. The fraction of sp³-hybridized carbons (Fsp3) is 0. The lowest BCUT2D eigenvalue weighted by Gasteiger charge is -1.68. The lowest BCUT2D eigenvalue weighted by atomic mass is 15.8. The van der Waals surface area contributed by atoms with Crippen molar-refractivity contribution in [1.82, 2.24) is 0 Å². The zero-order valence-corrected chi connectivity index (χ0v) is 11.3. The van der Waals surface area contributed by atoms with Crippen LogP contribution in [0.3, 0.4) is 0 Å². The molecule has 0 atom stereocenters. The molecule has 0 aromatic rings. The van der Waals surface area contributed by atoms with Crippen LogP contribution < -0.4 is 0 Å². The largest absolute Gasteiger partial charge is 0.394 e. The Bertz CT molecular complexity index is 341. The van der Waals surface area contributed by atoms with Crippen LogP contribution in [0.1, 0.15) is 0 Å². The molecule has 0 aliphatic heterocycles. The van der Waals surface area contributed by atoms with Gasteiger partial charge in [-0.2, -0.15) is 25.3 Å². The van der Waals surface area contributed by atoms with E-state index < -0.39 is 31.2 Å². The number of hydrogen-bond acceptors (Lipinski definition) is 6. The molecule has 0 saturated carbocycles. The van der Waals surface area contributed by atoms with E-state index in [9.17, 15) is 0 Å². The third-order valence-electron chi connectivity index (χ3n) is 0. The number of halogens is 2. The van der Waals surface area contributed by atoms with Gasteiger partial charge in [-0.15, -0.1) is 24.8 Å². The van der Waals surface area contributed by atoms with Gasteiger partial charge in [0.25, 0.3) is 0 Å². The van der Waals surface area contributed by atoms with E-state index in [0.717, 1.165) is 0 Å². The van der Waals surface area contributed by atoms with Crippen LogP contribution in [0.5, 0.6) is 0 Å². The van der Waals surface area contributed by atoms with Gasteiger partial charge in [-0.1, -0.05) is 0 Å². The standard InChI is InChI=1S/2ClH.3H2O4S/c;;3*1-5(2,3)4/h2*1H;3*(H2,1,2,3,4). The van der Waals surface area contributed by atoms with Gasteiger partial charge in [0.05, 0.1) is 0 Å². The minimum absolute atomic E-state index is 0. The molecule has 0 spiro atoms. The second kappa shape index (κ2) is 11.3. The molecule has 0 rings (SSSR count). The molecule has 17 heavy (non-hydrogen) atoms. The summed E-state index contributed by atoms with van der Waals surface area (Å²) in [6.45, 7) is 0. The maximum absolute atomic E-state index is 8.74. The quantitative estimate of drug-likeness (QED) is 0.280. The summed E-state index contributed by atoms with van der Waals surface area (Å²) in [5.41, 5.74) is 0. The first-order valence-electron chi connectivity index (χ1n) is 2.10. The molecular weight excluding hydrogens is 359 g/mol. The molecule has 6 N–H and O–H groups in total. The van der Waals surface area contributed by atoms with Crippen molar-refractivity contribution in [2.75, 3.05) is 0 Å². The molecular formula is H8Cl2O12S3. The van der Waals surface area contributed by atoms with Gasteiger partial charge < -0.3 is 0 Å². The fourth-order valence-corrected chi connectivity index (χ4v) is 0. The maximum Gasteiger partial charge on any atom is 0.394 e. The first kappa shape index (κ1) is 30.3. The lowest BCUT2D eigenvalue weighted by molar-refractivity contribution is 0.378. The molecule has 0 bridgehead atoms. The summed E-state index contributed by atoms with van der Waals surface area (Å²) in [6, 6.07) is 0. The van der Waals surface area contributed by atoms with Crippen LogP contribution in [-0.4, -0.2) is 52.6 Å². The summed E-state index contributed by atoms with van der Waals surface area (Å²) in [5.74, 6) is 0. The molecule has 0 unspecified atom stereocenters. The molecule has 12 nitrogen and oxygen atoms in total. The van der Waals surface area contributed by atoms with Crippen LogP contribution in [0.15, 0.2) is 0 Å². The SMILES string of the molecule is Cl.Cl.O=S(=O)(O)O.O=S(=O)(O)O.O=S(=O)(O)O. The summed E-state index contributed by atoms with van der Waals surface area (Å²) in [5, 5.41) is 0. The van der Waals surface area contributed by atoms with Gasteiger partial charge in [-0.25, -0.2) is 0 Å². The highest BCUT2D eigenvalue weighted by Gasteiger charge is 1.85. The molecule has 0 saturated heterocycles. The smallest absolute Gasteiger partial charge is 0.264 e. The molecule has 0 heterocycles. The minimum atomic E-state index is -4.67. The van der Waals surface area contributed by atoms with Crippen molar-refractivity contribution < 1.29 is 52.6 Å². The highest BCUT2D eigenvalue weighted by atomic mass is 35.5. The number of rotatable bonds is 0. The van der Waals surface area contributed by atoms with Gasteiger partial charge in [-0.3, -0.25) is 27.3 Å². The van der Waals surface area contributed by atoms with Gasteiger partial charge in [-0.05, 0) is 0 Å². The monoisotopic (exact) mass is 366 g/mol. The van der Waals surface area contributed by atoms with Gasteiger partial charge in [0.1, 0.15) is 0 Å². The van der Waals surface area contributed by atoms with Crippen LogP contribution in [0.2, 0.25) is 0 Å². The molecule has 17 heteroatoms. The summed E-state index contributed by atoms with van der Waals surface area (Å²) < 4.78 is 94.8. The Kier molecular flexibility index (Phi) is 20.1. The van der Waals surface area contributed by atoms with Crippen molar-refractivity contribution in [3.05, 3.63) is 0 Å². The molecule has 0 aliphatic carbocycles. The van der Waals surface area contributed by atoms with Crippen LogP contribution in [0, 0.1) is 0 Å². The predicted octanol–water partition coefficient (Wildman–Crippen LogP) is -1.11. The van der Waals surface area contributed by atoms with Crippen molar-refractivity contribution in [3.8, 4) is 0 Å². The van der Waals surface area contributed by atoms with Crippen molar-refractivity contribution >= 4 is 56.0 Å². The summed E-state index contributed by atoms with van der Waals surface area (Å²) in [6.07, 6.45) is 0. The molecule has 0 aromatic heterocycles. The lowest BCUT2D eigenvalue weighted by Crippen LogP contribution is -1.89. The van der Waals surface area contributed by atoms with Crippen LogP contribution in [0.4, 0.5) is 0 Å². The van der Waals surface area contributed by atoms with Gasteiger partial charge in [0, 0.05) is 0 Å². The van der Waals surface area contributed by atoms with Crippen molar-refractivity contribution in [2.45, 2.75) is 0 Å². The zero-order valence-electron chi connectivity index (χ0n) is 7.17. The normalized spacial score (nSPS) is 10.2. The minimum Gasteiger partial charge on any atom is -0.264 e. The Hall–Kier alpha value is 0.190. The Morgan fingerprint density at radius 2 is 0.412 bits per heavy atom. The van der Waals surface area contributed by atoms with E-state index in [0.29, 0.717) is 0 Å². The highest BCUT2D eigenvalue weighted by Crippen LogP contribution is 1.60. The van der Waals surface area contributed by atoms with Crippen LogP contribution >= 0.6 is 24.8 Å². The van der Waals surface area contributed by atoms with E-state index in [1.807, 2.05) is 0 Å². The van der Waals surface area contributed by atoms with Crippen molar-refractivity contribution in [2.24, 2.45) is 0 Å². The van der Waals surface area contributed by atoms with Gasteiger partial charge in [0.15, 0.2) is 0 Å². The highest BCUT2D eigenvalue weighted by molar-refractivity contribution is 7.80. The average molecular weight is 367 g/mol. The van der Waals surface area contributed by atoms with Crippen LogP contribution in [0.25, 0.3) is 0 Å². The van der Waals surface area contributed by atoms with E-state index in [2.05, 4.69) is 0 Å². The fourth-order valence-electron chi connectivity index (χ4n) is 0. The molecule has 0 radical (unpaired) electrons. The van der Waals surface area contributed by atoms with Crippen LogP contribution in [-0.2, 0) is 31.2 Å². The summed E-state index contributed by atoms with van der Waals surface area (Å²) in [4.78, 5) is 0. The van der Waals surface area contributed by atoms with E-state index in [1.165, 1.54) is 0 Å². The molecule has 0 fully saturated rings. The number of hydrogen-bond donors (Lipinski definition) is 6. The summed E-state index contributed by atoms with van der Waals surface area (Å²) >= 11 is 0. The first-order valence-corrected chi connectivity index (χ1v) is 6.29. The second-order valence-electron chi connectivity index (χ2n) is 1.34. The third kappa shape index (κ3) is 90300. The second-order valence-corrected chi connectivity index (χ2v) is 4.03. The maximum atomic E-state index is 8.74. The predicted molar refractivity (Wildman–Crippen MR) is 57.0 cm³/mol. The Morgan fingerprint density at radius 1 is 0.412 bits per heavy atom. The van der Waals surface area contributed by atoms with Crippen molar-refractivity contribution in [1.29, 1.82) is 0 Å². The zero-order chi connectivity index (χ0) is 13.5. The molecule has 112 valence electrons. The van der Waals surface area contributed by atoms with E-state index >= 15 is 0 Å². The summed E-state index contributed by atoms with van der Waals surface area (Å²) in [7, 11) is -14.0. The molecule has 0 amide bonds. The van der Waals surface area contributed by atoms with Gasteiger partial charge >= 0.3 is 31.2 Å². The van der Waals surface area contributed by atoms with E-state index in [-0.39, 0.29) is 24.8 Å². The first-order chi connectivity index (χ1) is 6.00. The van der Waals surface area contributed by atoms with E-state index in [4.69, 9.17) is 52.6 Å². The molecule has 0 aromatic carbocycles. The average Bonchev–Trinajstić information content (AvgIpc) is 1.41. The Labute approximate surface area is 109 Å². The van der Waals surface area contributed by atoms with Gasteiger partial charge in [0.2, 0.25) is 0 Å². The van der Waals surface area contributed by atoms with Crippen molar-refractivity contribution in [3.63, 3.8) is 0 Å². The topological polar surface area (TPSA) is 224 Å². The third-order valence-corrected chi connectivity index (χ3v) is 0.